The molecule has 1 N–H and O–H groups in total. The number of halogens is 3. The van der Waals surface area contributed by atoms with Crippen LogP contribution in [-0.4, -0.2) is 9.67 Å². The summed E-state index contributed by atoms with van der Waals surface area (Å²) in [5.41, 5.74) is 1.52. The van der Waals surface area contributed by atoms with Gasteiger partial charge in [0.1, 0.15) is 11.6 Å². The summed E-state index contributed by atoms with van der Waals surface area (Å²) in [4.78, 5) is 0. The third-order valence-corrected chi connectivity index (χ3v) is 4.12. The van der Waals surface area contributed by atoms with Crippen LogP contribution in [0.1, 0.15) is 11.1 Å². The maximum atomic E-state index is 14.1. The molecule has 21 heavy (non-hydrogen) atoms. The SMILES string of the molecule is OCc1cccc2ccn(Cc3c(F)ccc(Br)c3F)c12. The maximum absolute atomic E-state index is 14.1. The number of hydrogen-bond acceptors (Lipinski definition) is 1. The molecule has 1 aromatic heterocycles. The molecule has 0 aliphatic rings. The molecule has 0 spiro atoms. The fourth-order valence-corrected chi connectivity index (χ4v) is 2.86. The Kier molecular flexibility index (Phi) is 3.78. The molecule has 0 saturated heterocycles. The van der Waals surface area contributed by atoms with E-state index in [1.165, 1.54) is 12.1 Å². The van der Waals surface area contributed by atoms with E-state index in [0.29, 0.717) is 0 Å². The highest BCUT2D eigenvalue weighted by atomic mass is 79.9. The Morgan fingerprint density at radius 1 is 1.10 bits per heavy atom. The van der Waals surface area contributed by atoms with Crippen LogP contribution >= 0.6 is 15.9 Å². The van der Waals surface area contributed by atoms with Crippen molar-refractivity contribution in [2.45, 2.75) is 13.2 Å². The molecule has 2 aromatic carbocycles. The molecular formula is C16H12BrF2NO. The second-order valence-electron chi connectivity index (χ2n) is 4.78. The van der Waals surface area contributed by atoms with Crippen molar-refractivity contribution in [2.24, 2.45) is 0 Å². The number of aromatic nitrogens is 1. The van der Waals surface area contributed by atoms with Gasteiger partial charge in [-0.1, -0.05) is 18.2 Å². The zero-order valence-corrected chi connectivity index (χ0v) is 12.6. The molecular weight excluding hydrogens is 340 g/mol. The lowest BCUT2D eigenvalue weighted by Gasteiger charge is -2.11. The van der Waals surface area contributed by atoms with Crippen LogP contribution in [0.15, 0.2) is 47.1 Å². The van der Waals surface area contributed by atoms with Gasteiger partial charge in [-0.15, -0.1) is 0 Å². The molecule has 0 fully saturated rings. The van der Waals surface area contributed by atoms with Crippen molar-refractivity contribution in [1.82, 2.24) is 4.57 Å². The minimum Gasteiger partial charge on any atom is -0.392 e. The lowest BCUT2D eigenvalue weighted by Crippen LogP contribution is -2.05. The van der Waals surface area contributed by atoms with Gasteiger partial charge in [-0.2, -0.15) is 0 Å². The molecule has 5 heteroatoms. The van der Waals surface area contributed by atoms with Crippen molar-refractivity contribution in [1.29, 1.82) is 0 Å². The van der Waals surface area contributed by atoms with E-state index in [2.05, 4.69) is 15.9 Å². The van der Waals surface area contributed by atoms with Gasteiger partial charge in [0.25, 0.3) is 0 Å². The minimum atomic E-state index is -0.599. The number of para-hydroxylation sites is 1. The predicted molar refractivity (Wildman–Crippen MR) is 81.0 cm³/mol. The fraction of sp³-hybridized carbons (Fsp3) is 0.125. The fourth-order valence-electron chi connectivity index (χ4n) is 2.48. The molecule has 3 aromatic rings. The molecule has 1 heterocycles. The van der Waals surface area contributed by atoms with Crippen LogP contribution in [0.3, 0.4) is 0 Å². The van der Waals surface area contributed by atoms with Gasteiger partial charge in [-0.3, -0.25) is 0 Å². The molecule has 108 valence electrons. The third-order valence-electron chi connectivity index (χ3n) is 3.51. The van der Waals surface area contributed by atoms with Gasteiger partial charge in [-0.05, 0) is 39.5 Å². The number of aliphatic hydroxyl groups excluding tert-OH is 1. The lowest BCUT2D eigenvalue weighted by molar-refractivity contribution is 0.283. The Morgan fingerprint density at radius 2 is 1.90 bits per heavy atom. The number of rotatable bonds is 3. The Labute approximate surface area is 128 Å². The van der Waals surface area contributed by atoms with Gasteiger partial charge in [0.05, 0.1) is 23.1 Å². The highest BCUT2D eigenvalue weighted by Gasteiger charge is 2.14. The summed E-state index contributed by atoms with van der Waals surface area (Å²) in [7, 11) is 0. The van der Waals surface area contributed by atoms with E-state index >= 15 is 0 Å². The molecule has 0 amide bonds. The molecule has 0 unspecified atom stereocenters. The molecule has 0 aliphatic carbocycles. The summed E-state index contributed by atoms with van der Waals surface area (Å²) < 4.78 is 29.9. The number of hydrogen-bond donors (Lipinski definition) is 1. The lowest BCUT2D eigenvalue weighted by atomic mass is 10.1. The van der Waals surface area contributed by atoms with Gasteiger partial charge < -0.3 is 9.67 Å². The van der Waals surface area contributed by atoms with E-state index in [0.717, 1.165) is 16.5 Å². The van der Waals surface area contributed by atoms with E-state index in [-0.39, 0.29) is 23.2 Å². The predicted octanol–water partition coefficient (Wildman–Crippen LogP) is 4.22. The molecule has 0 saturated carbocycles. The first kappa shape index (κ1) is 14.2. The number of aliphatic hydroxyl groups is 1. The van der Waals surface area contributed by atoms with Gasteiger partial charge >= 0.3 is 0 Å². The van der Waals surface area contributed by atoms with Crippen molar-refractivity contribution in [3.8, 4) is 0 Å². The molecule has 0 radical (unpaired) electrons. The molecule has 2 nitrogen and oxygen atoms in total. The summed E-state index contributed by atoms with van der Waals surface area (Å²) >= 11 is 3.07. The average Bonchev–Trinajstić information content (AvgIpc) is 2.91. The maximum Gasteiger partial charge on any atom is 0.145 e. The summed E-state index contributed by atoms with van der Waals surface area (Å²) in [5.74, 6) is -1.18. The largest absolute Gasteiger partial charge is 0.392 e. The van der Waals surface area contributed by atoms with Crippen LogP contribution in [0.4, 0.5) is 8.78 Å². The number of nitrogens with zero attached hydrogens (tertiary/aromatic N) is 1. The summed E-state index contributed by atoms with van der Waals surface area (Å²) in [6.45, 7) is -0.0532. The second-order valence-corrected chi connectivity index (χ2v) is 5.63. The highest BCUT2D eigenvalue weighted by molar-refractivity contribution is 9.10. The van der Waals surface area contributed by atoms with Crippen LogP contribution in [0, 0.1) is 11.6 Å². The molecule has 0 aliphatic heterocycles. The number of benzene rings is 2. The van der Waals surface area contributed by atoms with E-state index in [9.17, 15) is 13.9 Å². The monoisotopic (exact) mass is 351 g/mol. The Hall–Kier alpha value is -1.72. The van der Waals surface area contributed by atoms with Crippen LogP contribution in [0.5, 0.6) is 0 Å². The van der Waals surface area contributed by atoms with Crippen LogP contribution in [0.2, 0.25) is 0 Å². The van der Waals surface area contributed by atoms with Crippen LogP contribution < -0.4 is 0 Å². The van der Waals surface area contributed by atoms with Crippen LogP contribution in [-0.2, 0) is 13.2 Å². The smallest absolute Gasteiger partial charge is 0.145 e. The van der Waals surface area contributed by atoms with Crippen molar-refractivity contribution in [2.75, 3.05) is 0 Å². The molecule has 0 atom stereocenters. The van der Waals surface area contributed by atoms with E-state index in [1.54, 1.807) is 16.8 Å². The Morgan fingerprint density at radius 3 is 2.67 bits per heavy atom. The Bertz CT molecular complexity index is 813. The van der Waals surface area contributed by atoms with Gasteiger partial charge in [0, 0.05) is 17.3 Å². The average molecular weight is 352 g/mol. The van der Waals surface area contributed by atoms with Crippen molar-refractivity contribution in [3.63, 3.8) is 0 Å². The summed E-state index contributed by atoms with van der Waals surface area (Å²) in [5, 5.41) is 10.4. The Balaban J connectivity index is 2.13. The zero-order chi connectivity index (χ0) is 15.0. The van der Waals surface area contributed by atoms with Gasteiger partial charge in [-0.25, -0.2) is 8.78 Å². The highest BCUT2D eigenvalue weighted by Crippen LogP contribution is 2.26. The minimum absolute atomic E-state index is 0.00498. The normalized spacial score (nSPS) is 11.2. The first-order valence-electron chi connectivity index (χ1n) is 6.42. The van der Waals surface area contributed by atoms with Crippen molar-refractivity contribution in [3.05, 3.63) is 69.8 Å². The van der Waals surface area contributed by atoms with E-state index < -0.39 is 11.6 Å². The van der Waals surface area contributed by atoms with E-state index in [4.69, 9.17) is 0 Å². The second kappa shape index (κ2) is 5.58. The van der Waals surface area contributed by atoms with Gasteiger partial charge in [0.2, 0.25) is 0 Å². The summed E-state index contributed by atoms with van der Waals surface area (Å²) in [6, 6.07) is 9.99. The first-order valence-corrected chi connectivity index (χ1v) is 7.21. The third kappa shape index (κ3) is 2.47. The van der Waals surface area contributed by atoms with Gasteiger partial charge in [0.15, 0.2) is 0 Å². The summed E-state index contributed by atoms with van der Waals surface area (Å²) in [6.07, 6.45) is 1.77. The standard InChI is InChI=1S/C16H12BrF2NO/c17-13-4-5-14(18)12(15(13)19)8-20-7-6-10-2-1-3-11(9-21)16(10)20/h1-7,21H,8-9H2. The van der Waals surface area contributed by atoms with Crippen molar-refractivity contribution >= 4 is 26.8 Å². The van der Waals surface area contributed by atoms with Crippen LogP contribution in [0.25, 0.3) is 10.9 Å². The topological polar surface area (TPSA) is 25.2 Å². The zero-order valence-electron chi connectivity index (χ0n) is 11.0. The molecule has 0 bridgehead atoms. The first-order chi connectivity index (χ1) is 10.1. The quantitative estimate of drug-likeness (QED) is 0.702. The number of fused-ring (bicyclic) bond motifs is 1. The molecule has 3 rings (SSSR count). The van der Waals surface area contributed by atoms with Crippen molar-refractivity contribution < 1.29 is 13.9 Å². The van der Waals surface area contributed by atoms with E-state index in [1.807, 2.05) is 18.2 Å².